The molecule has 0 bridgehead atoms. The number of nitrogens with one attached hydrogen (secondary N) is 1. The van der Waals surface area contributed by atoms with Crippen LogP contribution in [0.3, 0.4) is 0 Å². The fourth-order valence-electron chi connectivity index (χ4n) is 3.04. The molecule has 3 nitrogen and oxygen atoms in total. The average Bonchev–Trinajstić information content (AvgIpc) is 2.42. The van der Waals surface area contributed by atoms with Crippen LogP contribution in [0.25, 0.3) is 0 Å². The van der Waals surface area contributed by atoms with Crippen molar-refractivity contribution >= 4 is 11.6 Å². The average molecular weight is 278 g/mol. The molecule has 1 aromatic carbocycles. The molecule has 3 N–H and O–H groups in total. The van der Waals surface area contributed by atoms with Crippen molar-refractivity contribution in [2.75, 3.05) is 5.32 Å². The fourth-order valence-corrected chi connectivity index (χ4v) is 3.04. The SMILES string of the molecule is CC(C)C1CCC(Nc2ccc(F)cc2)(C(N)=O)CC1. The number of hydrogen-bond donors (Lipinski definition) is 2. The zero-order chi connectivity index (χ0) is 14.8. The lowest BCUT2D eigenvalue weighted by Crippen LogP contribution is -2.53. The molecule has 4 heteroatoms. The molecule has 1 aromatic rings. The topological polar surface area (TPSA) is 55.1 Å². The Labute approximate surface area is 119 Å². The van der Waals surface area contributed by atoms with Crippen molar-refractivity contribution in [1.82, 2.24) is 0 Å². The first kappa shape index (κ1) is 14.8. The van der Waals surface area contributed by atoms with Crippen LogP contribution in [-0.2, 0) is 4.79 Å². The Morgan fingerprint density at radius 3 is 2.30 bits per heavy atom. The molecule has 0 unspecified atom stereocenters. The maximum Gasteiger partial charge on any atom is 0.243 e. The summed E-state index contributed by atoms with van der Waals surface area (Å²) in [6.45, 7) is 4.44. The number of halogens is 1. The van der Waals surface area contributed by atoms with E-state index in [2.05, 4.69) is 19.2 Å². The highest BCUT2D eigenvalue weighted by Crippen LogP contribution is 2.37. The van der Waals surface area contributed by atoms with Crippen LogP contribution in [0.2, 0.25) is 0 Å². The van der Waals surface area contributed by atoms with E-state index in [-0.39, 0.29) is 11.7 Å². The predicted octanol–water partition coefficient (Wildman–Crippen LogP) is 3.31. The third-order valence-corrected chi connectivity index (χ3v) is 4.53. The number of hydrogen-bond acceptors (Lipinski definition) is 2. The highest BCUT2D eigenvalue weighted by atomic mass is 19.1. The van der Waals surface area contributed by atoms with Gasteiger partial charge in [0, 0.05) is 5.69 Å². The van der Waals surface area contributed by atoms with Gasteiger partial charge in [-0.25, -0.2) is 4.39 Å². The van der Waals surface area contributed by atoms with Crippen LogP contribution in [0.15, 0.2) is 24.3 Å². The molecule has 1 fully saturated rings. The standard InChI is InChI=1S/C16H23FN2O/c1-11(2)12-7-9-16(10-8-12,15(18)20)19-14-5-3-13(17)4-6-14/h3-6,11-12,19H,7-10H2,1-2H3,(H2,18,20). The second-order valence-corrected chi connectivity index (χ2v) is 6.16. The summed E-state index contributed by atoms with van der Waals surface area (Å²) in [7, 11) is 0. The summed E-state index contributed by atoms with van der Waals surface area (Å²) in [5.41, 5.74) is 5.68. The molecule has 0 aromatic heterocycles. The van der Waals surface area contributed by atoms with Gasteiger partial charge >= 0.3 is 0 Å². The van der Waals surface area contributed by atoms with E-state index in [9.17, 15) is 9.18 Å². The van der Waals surface area contributed by atoms with Crippen molar-refractivity contribution in [3.05, 3.63) is 30.1 Å². The Bertz CT molecular complexity index is 462. The molecular weight excluding hydrogens is 255 g/mol. The molecule has 0 atom stereocenters. The number of carbonyl (C=O) groups is 1. The van der Waals surface area contributed by atoms with E-state index >= 15 is 0 Å². The van der Waals surface area contributed by atoms with Gasteiger partial charge in [-0.15, -0.1) is 0 Å². The van der Waals surface area contributed by atoms with E-state index in [0.717, 1.165) is 31.4 Å². The first-order chi connectivity index (χ1) is 9.43. The molecule has 20 heavy (non-hydrogen) atoms. The number of rotatable bonds is 4. The largest absolute Gasteiger partial charge is 0.371 e. The van der Waals surface area contributed by atoms with Gasteiger partial charge in [-0.2, -0.15) is 0 Å². The smallest absolute Gasteiger partial charge is 0.243 e. The van der Waals surface area contributed by atoms with Gasteiger partial charge in [-0.3, -0.25) is 4.79 Å². The molecule has 1 amide bonds. The summed E-state index contributed by atoms with van der Waals surface area (Å²) in [5, 5.41) is 3.24. The summed E-state index contributed by atoms with van der Waals surface area (Å²) < 4.78 is 12.9. The summed E-state index contributed by atoms with van der Waals surface area (Å²) >= 11 is 0. The minimum Gasteiger partial charge on any atom is -0.371 e. The van der Waals surface area contributed by atoms with Crippen molar-refractivity contribution in [1.29, 1.82) is 0 Å². The lowest BCUT2D eigenvalue weighted by atomic mass is 9.72. The van der Waals surface area contributed by atoms with Crippen molar-refractivity contribution < 1.29 is 9.18 Å². The van der Waals surface area contributed by atoms with Crippen molar-refractivity contribution in [2.24, 2.45) is 17.6 Å². The Morgan fingerprint density at radius 2 is 1.85 bits per heavy atom. The number of nitrogens with two attached hydrogens (primary N) is 1. The highest BCUT2D eigenvalue weighted by Gasteiger charge is 2.40. The van der Waals surface area contributed by atoms with E-state index < -0.39 is 5.54 Å². The van der Waals surface area contributed by atoms with Gasteiger partial charge in [0.1, 0.15) is 11.4 Å². The zero-order valence-corrected chi connectivity index (χ0v) is 12.2. The minimum atomic E-state index is -0.691. The lowest BCUT2D eigenvalue weighted by Gasteiger charge is -2.40. The maximum absolute atomic E-state index is 12.9. The van der Waals surface area contributed by atoms with Crippen molar-refractivity contribution in [3.63, 3.8) is 0 Å². The first-order valence-electron chi connectivity index (χ1n) is 7.26. The summed E-state index contributed by atoms with van der Waals surface area (Å²) in [6, 6.07) is 6.07. The van der Waals surface area contributed by atoms with Crippen LogP contribution in [0.4, 0.5) is 10.1 Å². The molecule has 1 aliphatic rings. The van der Waals surface area contributed by atoms with Crippen LogP contribution in [0.5, 0.6) is 0 Å². The number of anilines is 1. The molecular formula is C16H23FN2O. The second-order valence-electron chi connectivity index (χ2n) is 6.16. The molecule has 0 heterocycles. The van der Waals surface area contributed by atoms with E-state index in [1.165, 1.54) is 12.1 Å². The molecule has 1 saturated carbocycles. The number of primary amides is 1. The predicted molar refractivity (Wildman–Crippen MR) is 78.7 cm³/mol. The Balaban J connectivity index is 2.12. The second kappa shape index (κ2) is 5.81. The molecule has 0 aliphatic heterocycles. The lowest BCUT2D eigenvalue weighted by molar-refractivity contribution is -0.123. The Morgan fingerprint density at radius 1 is 1.30 bits per heavy atom. The van der Waals surface area contributed by atoms with Crippen LogP contribution >= 0.6 is 0 Å². The van der Waals surface area contributed by atoms with Crippen LogP contribution in [-0.4, -0.2) is 11.4 Å². The molecule has 0 radical (unpaired) electrons. The highest BCUT2D eigenvalue weighted by molar-refractivity contribution is 5.88. The Kier molecular flexibility index (Phi) is 4.31. The third kappa shape index (κ3) is 3.11. The third-order valence-electron chi connectivity index (χ3n) is 4.53. The monoisotopic (exact) mass is 278 g/mol. The van der Waals surface area contributed by atoms with Gasteiger partial charge < -0.3 is 11.1 Å². The maximum atomic E-state index is 12.9. The van der Waals surface area contributed by atoms with Crippen molar-refractivity contribution in [2.45, 2.75) is 45.1 Å². The van der Waals surface area contributed by atoms with Gasteiger partial charge in [0.15, 0.2) is 0 Å². The van der Waals surface area contributed by atoms with Gasteiger partial charge in [-0.1, -0.05) is 13.8 Å². The van der Waals surface area contributed by atoms with Gasteiger partial charge in [0.05, 0.1) is 0 Å². The van der Waals surface area contributed by atoms with Gasteiger partial charge in [0.25, 0.3) is 0 Å². The molecule has 0 saturated heterocycles. The normalized spacial score (nSPS) is 26.5. The Hall–Kier alpha value is -1.58. The fraction of sp³-hybridized carbons (Fsp3) is 0.562. The summed E-state index contributed by atoms with van der Waals surface area (Å²) in [5.74, 6) is 0.681. The number of benzene rings is 1. The first-order valence-corrected chi connectivity index (χ1v) is 7.26. The molecule has 0 spiro atoms. The van der Waals surface area contributed by atoms with E-state index in [1.54, 1.807) is 12.1 Å². The van der Waals surface area contributed by atoms with Crippen molar-refractivity contribution in [3.8, 4) is 0 Å². The van der Waals surface area contributed by atoms with Crippen LogP contribution in [0.1, 0.15) is 39.5 Å². The van der Waals surface area contributed by atoms with Crippen LogP contribution in [0, 0.1) is 17.7 Å². The van der Waals surface area contributed by atoms with Gasteiger partial charge in [-0.05, 0) is 61.8 Å². The van der Waals surface area contributed by atoms with Gasteiger partial charge in [0.2, 0.25) is 5.91 Å². The molecule has 1 aliphatic carbocycles. The van der Waals surface area contributed by atoms with E-state index in [4.69, 9.17) is 5.73 Å². The quantitative estimate of drug-likeness (QED) is 0.887. The zero-order valence-electron chi connectivity index (χ0n) is 12.2. The molecule has 110 valence electrons. The summed E-state index contributed by atoms with van der Waals surface area (Å²) in [6.07, 6.45) is 3.47. The number of carbonyl (C=O) groups excluding carboxylic acids is 1. The minimum absolute atomic E-state index is 0.285. The molecule has 2 rings (SSSR count). The van der Waals surface area contributed by atoms with E-state index in [1.807, 2.05) is 0 Å². The van der Waals surface area contributed by atoms with E-state index in [0.29, 0.717) is 11.8 Å². The number of amides is 1. The van der Waals surface area contributed by atoms with Crippen LogP contribution < -0.4 is 11.1 Å². The summed E-state index contributed by atoms with van der Waals surface area (Å²) in [4.78, 5) is 11.9.